The molecule has 4 rings (SSSR count). The summed E-state index contributed by atoms with van der Waals surface area (Å²) in [5.41, 5.74) is 1.27. The number of aliphatic imine (C=N–C) groups is 1. The Morgan fingerprint density at radius 1 is 1.10 bits per heavy atom. The van der Waals surface area contributed by atoms with Gasteiger partial charge in [-0.3, -0.25) is 4.79 Å². The van der Waals surface area contributed by atoms with Crippen molar-refractivity contribution in [3.63, 3.8) is 0 Å². The summed E-state index contributed by atoms with van der Waals surface area (Å²) in [7, 11) is -3.16. The maximum atomic E-state index is 12.6. The van der Waals surface area contributed by atoms with Gasteiger partial charge in [0, 0.05) is 15.3 Å². The Morgan fingerprint density at radius 3 is 2.59 bits per heavy atom. The summed E-state index contributed by atoms with van der Waals surface area (Å²) in [5, 5.41) is 1.57. The third-order valence-electron chi connectivity index (χ3n) is 4.76. The Bertz CT molecular complexity index is 1120. The molecule has 10 heteroatoms. The summed E-state index contributed by atoms with van der Waals surface area (Å²) < 4.78 is 24.3. The molecular formula is C19H15Cl3N2O3S2. The largest absolute Gasteiger partial charge is 0.314 e. The van der Waals surface area contributed by atoms with Gasteiger partial charge in [-0.25, -0.2) is 8.42 Å². The van der Waals surface area contributed by atoms with Crippen LogP contribution in [0.4, 0.5) is 5.69 Å². The van der Waals surface area contributed by atoms with Gasteiger partial charge < -0.3 is 4.90 Å². The number of carbonyl (C=O) groups is 1. The first kappa shape index (κ1) is 21.0. The molecule has 0 aliphatic carbocycles. The average molecular weight is 490 g/mol. The number of hydrogen-bond acceptors (Lipinski definition) is 4. The molecule has 2 aromatic carbocycles. The van der Waals surface area contributed by atoms with Crippen LogP contribution in [0.25, 0.3) is 0 Å². The molecule has 152 valence electrons. The lowest BCUT2D eigenvalue weighted by atomic mass is 10.1. The summed E-state index contributed by atoms with van der Waals surface area (Å²) >= 11 is 19.8. The molecule has 0 aromatic heterocycles. The van der Waals surface area contributed by atoms with Crippen LogP contribution in [0.3, 0.4) is 0 Å². The number of fused-ring (bicyclic) bond motifs is 1. The summed E-state index contributed by atoms with van der Waals surface area (Å²) in [6.07, 6.45) is 0.0551. The number of rotatable bonds is 3. The first-order chi connectivity index (χ1) is 13.7. The lowest BCUT2D eigenvalue weighted by Gasteiger charge is -2.25. The Kier molecular flexibility index (Phi) is 5.88. The number of carbonyl (C=O) groups excluding carboxylic acids is 1. The van der Waals surface area contributed by atoms with Gasteiger partial charge in [-0.2, -0.15) is 4.99 Å². The highest BCUT2D eigenvalue weighted by atomic mass is 35.5. The van der Waals surface area contributed by atoms with Crippen molar-refractivity contribution in [2.75, 3.05) is 16.4 Å². The molecule has 29 heavy (non-hydrogen) atoms. The van der Waals surface area contributed by atoms with Crippen LogP contribution in [0.5, 0.6) is 0 Å². The van der Waals surface area contributed by atoms with E-state index in [4.69, 9.17) is 34.8 Å². The second-order valence-corrected chi connectivity index (χ2v) is 11.4. The second kappa shape index (κ2) is 8.12. The maximum absolute atomic E-state index is 12.6. The molecule has 2 fully saturated rings. The van der Waals surface area contributed by atoms with Crippen LogP contribution in [-0.2, 0) is 21.1 Å². The van der Waals surface area contributed by atoms with Crippen LogP contribution >= 0.6 is 46.6 Å². The molecule has 0 spiro atoms. The van der Waals surface area contributed by atoms with Crippen molar-refractivity contribution in [2.24, 2.45) is 4.99 Å². The van der Waals surface area contributed by atoms with Crippen LogP contribution in [0.15, 0.2) is 47.5 Å². The van der Waals surface area contributed by atoms with Crippen molar-refractivity contribution in [2.45, 2.75) is 17.7 Å². The van der Waals surface area contributed by atoms with Crippen LogP contribution in [-0.4, -0.2) is 42.3 Å². The van der Waals surface area contributed by atoms with Crippen LogP contribution in [0.2, 0.25) is 15.1 Å². The molecule has 5 nitrogen and oxygen atoms in total. The monoisotopic (exact) mass is 488 g/mol. The number of benzene rings is 2. The molecule has 1 amide bonds. The highest BCUT2D eigenvalue weighted by Crippen LogP contribution is 2.43. The molecule has 2 saturated heterocycles. The van der Waals surface area contributed by atoms with E-state index in [-0.39, 0.29) is 35.1 Å². The second-order valence-electron chi connectivity index (χ2n) is 6.82. The lowest BCUT2D eigenvalue weighted by Crippen LogP contribution is -2.38. The predicted molar refractivity (Wildman–Crippen MR) is 120 cm³/mol. The minimum absolute atomic E-state index is 0.0126. The van der Waals surface area contributed by atoms with Gasteiger partial charge in [0.1, 0.15) is 0 Å². The topological polar surface area (TPSA) is 66.8 Å². The molecular weight excluding hydrogens is 475 g/mol. The summed E-state index contributed by atoms with van der Waals surface area (Å²) in [6, 6.07) is 11.7. The summed E-state index contributed by atoms with van der Waals surface area (Å²) in [6.45, 7) is 0. The van der Waals surface area contributed by atoms with Crippen molar-refractivity contribution in [1.29, 1.82) is 0 Å². The van der Waals surface area contributed by atoms with E-state index >= 15 is 0 Å². The number of halogens is 3. The minimum atomic E-state index is -3.16. The van der Waals surface area contributed by atoms with E-state index in [2.05, 4.69) is 4.99 Å². The zero-order chi connectivity index (χ0) is 20.8. The fourth-order valence-electron chi connectivity index (χ4n) is 3.47. The Balaban J connectivity index is 1.68. The van der Waals surface area contributed by atoms with E-state index in [0.29, 0.717) is 31.5 Å². The smallest absolute Gasteiger partial charge is 0.252 e. The zero-order valence-corrected chi connectivity index (χ0v) is 18.8. The Labute approximate surface area is 188 Å². The summed E-state index contributed by atoms with van der Waals surface area (Å²) in [5.74, 6) is -0.332. The van der Waals surface area contributed by atoms with E-state index in [9.17, 15) is 13.2 Å². The molecule has 0 saturated carbocycles. The molecule has 2 aliphatic rings. The van der Waals surface area contributed by atoms with Crippen LogP contribution < -0.4 is 4.90 Å². The van der Waals surface area contributed by atoms with E-state index < -0.39 is 9.84 Å². The van der Waals surface area contributed by atoms with Crippen molar-refractivity contribution >= 4 is 73.2 Å². The summed E-state index contributed by atoms with van der Waals surface area (Å²) in [4.78, 5) is 18.7. The van der Waals surface area contributed by atoms with Crippen LogP contribution in [0, 0.1) is 0 Å². The molecule has 0 bridgehead atoms. The molecule has 0 N–H and O–H groups in total. The van der Waals surface area contributed by atoms with Gasteiger partial charge in [-0.1, -0.05) is 64.8 Å². The molecule has 0 radical (unpaired) electrons. The quantitative estimate of drug-likeness (QED) is 0.635. The number of sulfone groups is 1. The van der Waals surface area contributed by atoms with Crippen molar-refractivity contribution in [3.8, 4) is 0 Å². The lowest BCUT2D eigenvalue weighted by molar-refractivity contribution is -0.117. The number of amides is 1. The number of thioether (sulfide) groups is 1. The zero-order valence-electron chi connectivity index (χ0n) is 14.9. The molecule has 2 atom stereocenters. The van der Waals surface area contributed by atoms with Gasteiger partial charge >= 0.3 is 0 Å². The SMILES string of the molecule is O=C(Cc1ccccc1Cl)N=C1SC2CS(=O)(=O)CC2N1c1ccc(Cl)cc1Cl. The number of amidine groups is 1. The normalized spacial score (nSPS) is 24.1. The van der Waals surface area contributed by atoms with Gasteiger partial charge in [0.2, 0.25) is 0 Å². The van der Waals surface area contributed by atoms with Gasteiger partial charge in [-0.15, -0.1) is 0 Å². The molecule has 2 heterocycles. The minimum Gasteiger partial charge on any atom is -0.314 e. The molecule has 2 unspecified atom stereocenters. The van der Waals surface area contributed by atoms with Gasteiger partial charge in [-0.05, 0) is 29.8 Å². The van der Waals surface area contributed by atoms with E-state index in [1.807, 2.05) is 0 Å². The molecule has 2 aliphatic heterocycles. The van der Waals surface area contributed by atoms with E-state index in [1.165, 1.54) is 11.8 Å². The number of hydrogen-bond donors (Lipinski definition) is 0. The first-order valence-corrected chi connectivity index (χ1v) is 12.5. The standard InChI is InChI=1S/C19H15Cl3N2O3S2/c20-12-5-6-15(14(22)8-12)24-16-9-29(26,27)10-17(16)28-19(24)23-18(25)7-11-3-1-2-4-13(11)21/h1-6,8,16-17H,7,9-10H2. The Morgan fingerprint density at radius 2 is 1.86 bits per heavy atom. The third kappa shape index (κ3) is 4.44. The fourth-order valence-corrected chi connectivity index (χ4v) is 8.10. The average Bonchev–Trinajstić information content (AvgIpc) is 3.08. The highest BCUT2D eigenvalue weighted by Gasteiger charge is 2.49. The van der Waals surface area contributed by atoms with Crippen molar-refractivity contribution in [3.05, 3.63) is 63.1 Å². The predicted octanol–water partition coefficient (Wildman–Crippen LogP) is 4.49. The maximum Gasteiger partial charge on any atom is 0.252 e. The Hall–Kier alpha value is -1.25. The fraction of sp³-hybridized carbons (Fsp3) is 0.263. The number of nitrogens with zero attached hydrogens (tertiary/aromatic N) is 2. The first-order valence-electron chi connectivity index (χ1n) is 8.70. The van der Waals surface area contributed by atoms with Crippen molar-refractivity contribution in [1.82, 2.24) is 0 Å². The van der Waals surface area contributed by atoms with Gasteiger partial charge in [0.15, 0.2) is 15.0 Å². The number of anilines is 1. The molecule has 2 aromatic rings. The third-order valence-corrected chi connectivity index (χ3v) is 8.87. The van der Waals surface area contributed by atoms with Gasteiger partial charge in [0.05, 0.1) is 34.7 Å². The highest BCUT2D eigenvalue weighted by molar-refractivity contribution is 8.16. The van der Waals surface area contributed by atoms with E-state index in [1.54, 1.807) is 47.4 Å². The van der Waals surface area contributed by atoms with Crippen molar-refractivity contribution < 1.29 is 13.2 Å². The van der Waals surface area contributed by atoms with Crippen LogP contribution in [0.1, 0.15) is 5.56 Å². The van der Waals surface area contributed by atoms with E-state index in [0.717, 1.165) is 0 Å². The van der Waals surface area contributed by atoms with Gasteiger partial charge in [0.25, 0.3) is 5.91 Å².